The first-order valence-electron chi connectivity index (χ1n) is 5.84. The molecule has 0 aliphatic rings. The zero-order valence-electron chi connectivity index (χ0n) is 10.8. The van der Waals surface area contributed by atoms with Crippen molar-refractivity contribution in [3.05, 3.63) is 41.3 Å². The van der Waals surface area contributed by atoms with Gasteiger partial charge >= 0.3 is 5.97 Å². The molecular weight excluding hydrogens is 244 g/mol. The van der Waals surface area contributed by atoms with Crippen molar-refractivity contribution in [1.82, 2.24) is 0 Å². The van der Waals surface area contributed by atoms with E-state index in [9.17, 15) is 4.79 Å². The number of rotatable bonds is 2. The summed E-state index contributed by atoms with van der Waals surface area (Å²) in [6.45, 7) is 5.58. The topological polar surface area (TPSA) is 26.3 Å². The van der Waals surface area contributed by atoms with Crippen LogP contribution in [0.25, 0.3) is 16.2 Å². The number of carbonyl (C=O) groups is 1. The van der Waals surface area contributed by atoms with Crippen molar-refractivity contribution in [2.45, 2.75) is 26.4 Å². The fourth-order valence-electron chi connectivity index (χ4n) is 1.57. The second kappa shape index (κ2) is 4.94. The van der Waals surface area contributed by atoms with Crippen LogP contribution in [0.1, 0.15) is 25.6 Å². The van der Waals surface area contributed by atoms with Gasteiger partial charge in [0.25, 0.3) is 0 Å². The second-order valence-corrected chi connectivity index (χ2v) is 6.17. The maximum Gasteiger partial charge on any atom is 0.331 e. The van der Waals surface area contributed by atoms with Crippen LogP contribution >= 0.6 is 11.3 Å². The molecule has 94 valence electrons. The first-order chi connectivity index (χ1) is 8.44. The second-order valence-electron chi connectivity index (χ2n) is 5.05. The fraction of sp³-hybridized carbons (Fsp3) is 0.267. The van der Waals surface area contributed by atoms with Crippen LogP contribution in [-0.2, 0) is 9.53 Å². The molecule has 0 unspecified atom stereocenters. The van der Waals surface area contributed by atoms with Crippen LogP contribution in [0, 0.1) is 0 Å². The van der Waals surface area contributed by atoms with E-state index in [1.54, 1.807) is 17.4 Å². The number of hydrogen-bond donors (Lipinski definition) is 0. The Morgan fingerprint density at radius 1 is 1.28 bits per heavy atom. The normalized spacial score (nSPS) is 12.2. The Bertz CT molecular complexity index is 555. The fourth-order valence-corrected chi connectivity index (χ4v) is 2.54. The molecule has 0 saturated carbocycles. The molecule has 1 aromatic heterocycles. The highest BCUT2D eigenvalue weighted by atomic mass is 32.1. The lowest BCUT2D eigenvalue weighted by Gasteiger charge is -2.17. The van der Waals surface area contributed by atoms with Gasteiger partial charge in [-0.25, -0.2) is 4.79 Å². The van der Waals surface area contributed by atoms with Gasteiger partial charge < -0.3 is 4.74 Å². The first-order valence-corrected chi connectivity index (χ1v) is 6.65. The lowest BCUT2D eigenvalue weighted by molar-refractivity contribution is -0.148. The molecule has 2 rings (SSSR count). The average Bonchev–Trinajstić information content (AvgIpc) is 2.66. The zero-order valence-corrected chi connectivity index (χ0v) is 11.6. The Morgan fingerprint density at radius 3 is 2.67 bits per heavy atom. The van der Waals surface area contributed by atoms with E-state index in [1.807, 2.05) is 32.9 Å². The highest BCUT2D eigenvalue weighted by Crippen LogP contribution is 2.26. The summed E-state index contributed by atoms with van der Waals surface area (Å²) < 4.78 is 6.44. The van der Waals surface area contributed by atoms with Crippen LogP contribution in [-0.4, -0.2) is 11.6 Å². The summed E-state index contributed by atoms with van der Waals surface area (Å²) in [6, 6.07) is 10.2. The lowest BCUT2D eigenvalue weighted by atomic mass is 10.2. The van der Waals surface area contributed by atoms with E-state index < -0.39 is 5.60 Å². The van der Waals surface area contributed by atoms with Crippen LogP contribution < -0.4 is 0 Å². The number of benzene rings is 1. The van der Waals surface area contributed by atoms with E-state index in [4.69, 9.17) is 4.74 Å². The van der Waals surface area contributed by atoms with E-state index in [-0.39, 0.29) is 5.97 Å². The Hall–Kier alpha value is -1.61. The van der Waals surface area contributed by atoms with E-state index >= 15 is 0 Å². The Kier molecular flexibility index (Phi) is 3.53. The lowest BCUT2D eigenvalue weighted by Crippen LogP contribution is -2.22. The van der Waals surface area contributed by atoms with Crippen molar-refractivity contribution in [2.24, 2.45) is 0 Å². The third-order valence-corrected chi connectivity index (χ3v) is 3.32. The predicted octanol–water partition coefficient (Wildman–Crippen LogP) is 4.26. The minimum Gasteiger partial charge on any atom is -0.457 e. The number of esters is 1. The average molecular weight is 260 g/mol. The minimum absolute atomic E-state index is 0.306. The van der Waals surface area contributed by atoms with Gasteiger partial charge in [-0.2, -0.15) is 0 Å². The Morgan fingerprint density at radius 2 is 2.00 bits per heavy atom. The number of ether oxygens (including phenoxy) is 1. The van der Waals surface area contributed by atoms with Crippen LogP contribution in [0.15, 0.2) is 36.4 Å². The summed E-state index contributed by atoms with van der Waals surface area (Å²) in [5.74, 6) is -0.306. The number of fused-ring (bicyclic) bond motifs is 1. The van der Waals surface area contributed by atoms with Gasteiger partial charge in [-0.15, -0.1) is 11.3 Å². The quantitative estimate of drug-likeness (QED) is 0.596. The van der Waals surface area contributed by atoms with E-state index in [2.05, 4.69) is 18.2 Å². The van der Waals surface area contributed by atoms with Crippen molar-refractivity contribution in [2.75, 3.05) is 0 Å². The van der Waals surface area contributed by atoms with Crippen LogP contribution in [0.2, 0.25) is 0 Å². The van der Waals surface area contributed by atoms with E-state index in [0.29, 0.717) is 0 Å². The molecule has 0 fully saturated rings. The van der Waals surface area contributed by atoms with Gasteiger partial charge in [-0.1, -0.05) is 18.2 Å². The molecule has 2 aromatic rings. The molecule has 3 heteroatoms. The van der Waals surface area contributed by atoms with Crippen molar-refractivity contribution in [3.8, 4) is 0 Å². The summed E-state index contributed by atoms with van der Waals surface area (Å²) in [6.07, 6.45) is 3.29. The molecule has 0 atom stereocenters. The summed E-state index contributed by atoms with van der Waals surface area (Å²) in [4.78, 5) is 12.6. The maximum atomic E-state index is 11.5. The van der Waals surface area contributed by atoms with Gasteiger partial charge in [0.1, 0.15) is 5.60 Å². The molecule has 0 amide bonds. The molecule has 0 saturated heterocycles. The summed E-state index contributed by atoms with van der Waals surface area (Å²) in [5, 5.41) is 1.20. The highest BCUT2D eigenvalue weighted by Gasteiger charge is 2.13. The van der Waals surface area contributed by atoms with Gasteiger partial charge in [0.05, 0.1) is 0 Å². The molecule has 0 radical (unpaired) electrons. The van der Waals surface area contributed by atoms with Crippen LogP contribution in [0.5, 0.6) is 0 Å². The maximum absolute atomic E-state index is 11.5. The van der Waals surface area contributed by atoms with Crippen molar-refractivity contribution < 1.29 is 9.53 Å². The monoisotopic (exact) mass is 260 g/mol. The molecule has 0 aliphatic heterocycles. The molecule has 0 aliphatic carbocycles. The van der Waals surface area contributed by atoms with Gasteiger partial charge in [0.2, 0.25) is 0 Å². The first kappa shape index (κ1) is 12.8. The Labute approximate surface area is 111 Å². The Balaban J connectivity index is 2.11. The SMILES string of the molecule is CC(C)(C)OC(=O)C=Cc1cc2ccccc2s1. The molecule has 1 heterocycles. The summed E-state index contributed by atoms with van der Waals surface area (Å²) >= 11 is 1.66. The van der Waals surface area contributed by atoms with Gasteiger partial charge in [0.15, 0.2) is 0 Å². The van der Waals surface area contributed by atoms with Crippen molar-refractivity contribution in [3.63, 3.8) is 0 Å². The summed E-state index contributed by atoms with van der Waals surface area (Å²) in [5.41, 5.74) is -0.443. The van der Waals surface area contributed by atoms with Crippen LogP contribution in [0.3, 0.4) is 0 Å². The number of carbonyl (C=O) groups excluding carboxylic acids is 1. The molecule has 0 N–H and O–H groups in total. The smallest absolute Gasteiger partial charge is 0.331 e. The molecule has 2 nitrogen and oxygen atoms in total. The van der Waals surface area contributed by atoms with Gasteiger partial charge in [0, 0.05) is 15.7 Å². The van der Waals surface area contributed by atoms with Crippen molar-refractivity contribution >= 4 is 33.5 Å². The molecule has 18 heavy (non-hydrogen) atoms. The molecule has 1 aromatic carbocycles. The number of thiophene rings is 1. The highest BCUT2D eigenvalue weighted by molar-refractivity contribution is 7.19. The van der Waals surface area contributed by atoms with E-state index in [1.165, 1.54) is 16.2 Å². The van der Waals surface area contributed by atoms with E-state index in [0.717, 1.165) is 4.88 Å². The summed E-state index contributed by atoms with van der Waals surface area (Å²) in [7, 11) is 0. The minimum atomic E-state index is -0.443. The zero-order chi connectivity index (χ0) is 13.2. The molecular formula is C15H16O2S. The predicted molar refractivity (Wildman–Crippen MR) is 76.7 cm³/mol. The van der Waals surface area contributed by atoms with Gasteiger partial charge in [-0.05, 0) is 44.4 Å². The third-order valence-electron chi connectivity index (χ3n) is 2.24. The molecule has 0 bridgehead atoms. The molecule has 0 spiro atoms. The van der Waals surface area contributed by atoms with Crippen molar-refractivity contribution in [1.29, 1.82) is 0 Å². The third kappa shape index (κ3) is 3.44. The standard InChI is InChI=1S/C15H16O2S/c1-15(2,3)17-14(16)9-8-12-10-11-6-4-5-7-13(11)18-12/h4-10H,1-3H3. The van der Waals surface area contributed by atoms with Gasteiger partial charge in [-0.3, -0.25) is 0 Å². The van der Waals surface area contributed by atoms with Crippen LogP contribution in [0.4, 0.5) is 0 Å². The largest absolute Gasteiger partial charge is 0.457 e. The number of hydrogen-bond acceptors (Lipinski definition) is 3.